The van der Waals surface area contributed by atoms with E-state index >= 15 is 0 Å². The SMILES string of the molecule is CSCC(C)n1c(SCC(=O)O)n[nH]c1=O. The van der Waals surface area contributed by atoms with Crippen molar-refractivity contribution in [2.45, 2.75) is 18.1 Å². The maximum absolute atomic E-state index is 11.5. The molecule has 1 rings (SSSR count). The number of H-pyrrole nitrogens is 1. The average Bonchev–Trinajstić information content (AvgIpc) is 2.57. The highest BCUT2D eigenvalue weighted by Gasteiger charge is 2.15. The molecule has 2 N–H and O–H groups in total. The van der Waals surface area contributed by atoms with Crippen LogP contribution in [0.3, 0.4) is 0 Å². The third kappa shape index (κ3) is 3.31. The number of nitrogens with zero attached hydrogens (tertiary/aromatic N) is 2. The van der Waals surface area contributed by atoms with Crippen LogP contribution in [0.4, 0.5) is 0 Å². The topological polar surface area (TPSA) is 88.0 Å². The third-order valence-electron chi connectivity index (χ3n) is 1.85. The number of hydrogen-bond acceptors (Lipinski definition) is 5. The van der Waals surface area contributed by atoms with Crippen LogP contribution in [0.2, 0.25) is 0 Å². The minimum atomic E-state index is -0.926. The van der Waals surface area contributed by atoms with Crippen molar-refractivity contribution in [1.29, 1.82) is 0 Å². The van der Waals surface area contributed by atoms with Crippen LogP contribution in [0.5, 0.6) is 0 Å². The Kier molecular flexibility index (Phi) is 4.94. The zero-order chi connectivity index (χ0) is 12.1. The fraction of sp³-hybridized carbons (Fsp3) is 0.625. The fourth-order valence-electron chi connectivity index (χ4n) is 1.22. The Morgan fingerprint density at radius 1 is 1.69 bits per heavy atom. The third-order valence-corrected chi connectivity index (χ3v) is 3.60. The minimum Gasteiger partial charge on any atom is -0.481 e. The maximum atomic E-state index is 11.5. The Hall–Kier alpha value is -0.890. The van der Waals surface area contributed by atoms with Crippen molar-refractivity contribution in [2.75, 3.05) is 17.8 Å². The zero-order valence-corrected chi connectivity index (χ0v) is 10.6. The number of carboxylic acid groups (broad SMARTS) is 1. The fourth-order valence-corrected chi connectivity index (χ4v) is 2.62. The van der Waals surface area contributed by atoms with Gasteiger partial charge in [0.15, 0.2) is 5.16 Å². The molecule has 16 heavy (non-hydrogen) atoms. The van der Waals surface area contributed by atoms with E-state index in [0.717, 1.165) is 17.5 Å². The van der Waals surface area contributed by atoms with Crippen LogP contribution in [0, 0.1) is 0 Å². The van der Waals surface area contributed by atoms with Crippen molar-refractivity contribution < 1.29 is 9.90 Å². The van der Waals surface area contributed by atoms with Gasteiger partial charge in [-0.1, -0.05) is 11.8 Å². The minimum absolute atomic E-state index is 0.00227. The lowest BCUT2D eigenvalue weighted by molar-refractivity contribution is -0.133. The van der Waals surface area contributed by atoms with E-state index in [4.69, 9.17) is 5.11 Å². The summed E-state index contributed by atoms with van der Waals surface area (Å²) in [4.78, 5) is 21.9. The molecule has 0 saturated heterocycles. The molecule has 1 aromatic heterocycles. The smallest absolute Gasteiger partial charge is 0.344 e. The van der Waals surface area contributed by atoms with Crippen LogP contribution in [0.15, 0.2) is 9.95 Å². The predicted octanol–water partition coefficient (Wildman–Crippen LogP) is 0.672. The molecule has 6 nitrogen and oxygen atoms in total. The van der Waals surface area contributed by atoms with Gasteiger partial charge in [0.1, 0.15) is 0 Å². The van der Waals surface area contributed by atoms with Crippen LogP contribution >= 0.6 is 23.5 Å². The Bertz CT molecular complexity index is 415. The molecule has 0 spiro atoms. The quantitative estimate of drug-likeness (QED) is 0.733. The number of thioether (sulfide) groups is 2. The molecule has 0 radical (unpaired) electrons. The summed E-state index contributed by atoms with van der Waals surface area (Å²) in [5.74, 6) is -0.249. The Morgan fingerprint density at radius 3 is 2.94 bits per heavy atom. The highest BCUT2D eigenvalue weighted by molar-refractivity contribution is 7.99. The van der Waals surface area contributed by atoms with E-state index in [1.54, 1.807) is 11.8 Å². The number of carboxylic acids is 1. The van der Waals surface area contributed by atoms with E-state index in [2.05, 4.69) is 10.2 Å². The van der Waals surface area contributed by atoms with Crippen LogP contribution in [0.25, 0.3) is 0 Å². The molecule has 1 heterocycles. The van der Waals surface area contributed by atoms with Crippen LogP contribution in [-0.4, -0.2) is 43.6 Å². The van der Waals surface area contributed by atoms with Gasteiger partial charge in [-0.3, -0.25) is 9.36 Å². The monoisotopic (exact) mass is 263 g/mol. The van der Waals surface area contributed by atoms with Gasteiger partial charge in [-0.05, 0) is 13.2 Å². The number of aromatic nitrogens is 3. The number of hydrogen-bond donors (Lipinski definition) is 2. The highest BCUT2D eigenvalue weighted by atomic mass is 32.2. The van der Waals surface area contributed by atoms with Gasteiger partial charge >= 0.3 is 11.7 Å². The summed E-state index contributed by atoms with van der Waals surface area (Å²) >= 11 is 2.66. The number of aliphatic carboxylic acids is 1. The van der Waals surface area contributed by atoms with E-state index in [9.17, 15) is 9.59 Å². The maximum Gasteiger partial charge on any atom is 0.344 e. The first kappa shape index (κ1) is 13.2. The molecule has 1 unspecified atom stereocenters. The Balaban J connectivity index is 2.85. The molecule has 1 aromatic rings. The lowest BCUT2D eigenvalue weighted by atomic mass is 10.4. The molecular weight excluding hydrogens is 250 g/mol. The van der Waals surface area contributed by atoms with Gasteiger partial charge in [0.25, 0.3) is 0 Å². The first-order chi connectivity index (χ1) is 7.56. The number of nitrogens with one attached hydrogen (secondary N) is 1. The van der Waals surface area contributed by atoms with Crippen LogP contribution in [0.1, 0.15) is 13.0 Å². The van der Waals surface area contributed by atoms with E-state index in [1.807, 2.05) is 13.2 Å². The summed E-state index contributed by atoms with van der Waals surface area (Å²) in [6, 6.07) is -0.00227. The van der Waals surface area contributed by atoms with Gasteiger partial charge in [0.05, 0.1) is 5.75 Å². The lowest BCUT2D eigenvalue weighted by Gasteiger charge is -2.11. The van der Waals surface area contributed by atoms with Crippen molar-refractivity contribution in [3.05, 3.63) is 10.5 Å². The average molecular weight is 263 g/mol. The van der Waals surface area contributed by atoms with E-state index in [1.165, 1.54) is 4.57 Å². The van der Waals surface area contributed by atoms with E-state index < -0.39 is 5.97 Å². The summed E-state index contributed by atoms with van der Waals surface area (Å²) in [7, 11) is 0. The summed E-state index contributed by atoms with van der Waals surface area (Å²) in [6.45, 7) is 1.90. The number of carbonyl (C=O) groups is 1. The molecule has 0 bridgehead atoms. The molecule has 1 atom stereocenters. The van der Waals surface area contributed by atoms with Gasteiger partial charge in [0.2, 0.25) is 0 Å². The molecule has 0 saturated carbocycles. The standard InChI is InChI=1S/C8H13N3O3S2/c1-5(3-15-2)11-7(14)9-10-8(11)16-4-6(12)13/h5H,3-4H2,1-2H3,(H,9,14)(H,12,13). The highest BCUT2D eigenvalue weighted by Crippen LogP contribution is 2.18. The van der Waals surface area contributed by atoms with Crippen molar-refractivity contribution in [2.24, 2.45) is 0 Å². The largest absolute Gasteiger partial charge is 0.481 e. The first-order valence-electron chi connectivity index (χ1n) is 4.56. The van der Waals surface area contributed by atoms with Gasteiger partial charge < -0.3 is 5.11 Å². The summed E-state index contributed by atoms with van der Waals surface area (Å²) in [5.41, 5.74) is -0.297. The zero-order valence-electron chi connectivity index (χ0n) is 8.97. The van der Waals surface area contributed by atoms with E-state index in [-0.39, 0.29) is 17.5 Å². The summed E-state index contributed by atoms with van der Waals surface area (Å²) in [6.07, 6.45) is 1.95. The molecule has 0 fully saturated rings. The molecular formula is C8H13N3O3S2. The van der Waals surface area contributed by atoms with E-state index in [0.29, 0.717) is 5.16 Å². The Morgan fingerprint density at radius 2 is 2.38 bits per heavy atom. The van der Waals surface area contributed by atoms with Crippen molar-refractivity contribution >= 4 is 29.5 Å². The molecule has 8 heteroatoms. The second-order valence-electron chi connectivity index (χ2n) is 3.17. The van der Waals surface area contributed by atoms with Gasteiger partial charge in [-0.2, -0.15) is 11.8 Å². The summed E-state index contributed by atoms with van der Waals surface area (Å²) in [5, 5.41) is 15.1. The molecule has 0 aromatic carbocycles. The number of rotatable bonds is 6. The molecule has 0 aliphatic rings. The second-order valence-corrected chi connectivity index (χ2v) is 5.02. The molecule has 0 aliphatic heterocycles. The lowest BCUT2D eigenvalue weighted by Crippen LogP contribution is -2.22. The summed E-state index contributed by atoms with van der Waals surface area (Å²) < 4.78 is 1.49. The molecule has 90 valence electrons. The van der Waals surface area contributed by atoms with Crippen molar-refractivity contribution in [3.63, 3.8) is 0 Å². The van der Waals surface area contributed by atoms with Crippen LogP contribution in [-0.2, 0) is 4.79 Å². The normalized spacial score (nSPS) is 12.6. The first-order valence-corrected chi connectivity index (χ1v) is 6.94. The van der Waals surface area contributed by atoms with Gasteiger partial charge in [-0.25, -0.2) is 9.89 Å². The van der Waals surface area contributed by atoms with Gasteiger partial charge in [-0.15, -0.1) is 5.10 Å². The second kappa shape index (κ2) is 6.00. The number of aromatic amines is 1. The van der Waals surface area contributed by atoms with Crippen LogP contribution < -0.4 is 5.69 Å². The molecule has 0 aliphatic carbocycles. The van der Waals surface area contributed by atoms with Gasteiger partial charge in [0, 0.05) is 11.8 Å². The molecule has 0 amide bonds. The predicted molar refractivity (Wildman–Crippen MR) is 64.3 cm³/mol. The Labute approximate surface area is 101 Å². The van der Waals surface area contributed by atoms with Crippen molar-refractivity contribution in [3.8, 4) is 0 Å². The van der Waals surface area contributed by atoms with Crippen molar-refractivity contribution in [1.82, 2.24) is 14.8 Å².